The summed E-state index contributed by atoms with van der Waals surface area (Å²) >= 11 is 3.77. The van der Waals surface area contributed by atoms with Crippen LogP contribution < -0.4 is 10.5 Å². The third-order valence-electron chi connectivity index (χ3n) is 6.95. The number of rotatable bonds is 9. The first-order chi connectivity index (χ1) is 18.0. The van der Waals surface area contributed by atoms with Crippen LogP contribution >= 0.6 is 23.5 Å². The van der Waals surface area contributed by atoms with Gasteiger partial charge in [-0.15, -0.1) is 23.5 Å². The Morgan fingerprint density at radius 1 is 0.600 bits per heavy atom. The number of hydrogen-bond acceptors (Lipinski definition) is 5. The lowest BCUT2D eigenvalue weighted by atomic mass is 9.79. The molecule has 0 saturated carbocycles. The fourth-order valence-corrected chi connectivity index (χ4v) is 7.34. The predicted octanol–water partition coefficient (Wildman–Crippen LogP) is 10.3. The Morgan fingerprint density at radius 2 is 0.950 bits per heavy atom. The molecule has 0 aromatic heterocycles. The van der Waals surface area contributed by atoms with E-state index in [4.69, 9.17) is 10.5 Å². The van der Waals surface area contributed by atoms with E-state index in [9.17, 15) is 5.11 Å². The van der Waals surface area contributed by atoms with Crippen molar-refractivity contribution in [1.82, 2.24) is 0 Å². The SMILES string of the molecule is CC(C)(Sc1cc(C(C)(C)C)c(O)c(C(C)(C)C)c1)Sc1cc(C(C)(C)C)c(OCCCCN)c(C(C)(C)C)c1. The Kier molecular flexibility index (Phi) is 10.9. The summed E-state index contributed by atoms with van der Waals surface area (Å²) in [5, 5.41) is 11.2. The van der Waals surface area contributed by atoms with Crippen molar-refractivity contribution >= 4 is 23.5 Å². The van der Waals surface area contributed by atoms with Crippen molar-refractivity contribution < 1.29 is 9.84 Å². The molecule has 2 rings (SSSR count). The predicted molar refractivity (Wildman–Crippen MR) is 179 cm³/mol. The number of ether oxygens (including phenoxy) is 1. The van der Waals surface area contributed by atoms with Gasteiger partial charge in [0, 0.05) is 32.0 Å². The molecule has 0 fully saturated rings. The van der Waals surface area contributed by atoms with Crippen LogP contribution in [0.25, 0.3) is 0 Å². The minimum atomic E-state index is -0.152. The average molecular weight is 588 g/mol. The van der Waals surface area contributed by atoms with Gasteiger partial charge in [-0.05, 0) is 79.2 Å². The number of phenols is 1. The fourth-order valence-electron chi connectivity index (χ4n) is 4.75. The molecule has 0 saturated heterocycles. The van der Waals surface area contributed by atoms with Crippen LogP contribution in [0.1, 0.15) is 132 Å². The van der Waals surface area contributed by atoms with E-state index in [1.54, 1.807) is 0 Å². The lowest BCUT2D eigenvalue weighted by Crippen LogP contribution is -2.21. The number of phenolic OH excluding ortho intramolecular Hbond substituents is 1. The molecule has 3 nitrogen and oxygen atoms in total. The summed E-state index contributed by atoms with van der Waals surface area (Å²) in [6, 6.07) is 9.07. The van der Waals surface area contributed by atoms with Gasteiger partial charge in [0.2, 0.25) is 0 Å². The van der Waals surface area contributed by atoms with Crippen molar-refractivity contribution in [2.45, 2.75) is 145 Å². The van der Waals surface area contributed by atoms with Gasteiger partial charge in [0.05, 0.1) is 10.7 Å². The summed E-state index contributed by atoms with van der Waals surface area (Å²) in [5.41, 5.74) is 9.83. The van der Waals surface area contributed by atoms with Gasteiger partial charge < -0.3 is 15.6 Å². The van der Waals surface area contributed by atoms with Gasteiger partial charge >= 0.3 is 0 Å². The summed E-state index contributed by atoms with van der Waals surface area (Å²) in [6.07, 6.45) is 1.93. The third kappa shape index (κ3) is 9.36. The van der Waals surface area contributed by atoms with Crippen LogP contribution in [0.4, 0.5) is 0 Å². The quantitative estimate of drug-likeness (QED) is 0.174. The van der Waals surface area contributed by atoms with Crippen LogP contribution in [0.3, 0.4) is 0 Å². The van der Waals surface area contributed by atoms with Gasteiger partial charge in [-0.25, -0.2) is 0 Å². The van der Waals surface area contributed by atoms with E-state index in [0.717, 1.165) is 29.7 Å². The molecular weight excluding hydrogens is 531 g/mol. The van der Waals surface area contributed by atoms with E-state index in [-0.39, 0.29) is 25.7 Å². The summed E-state index contributed by atoms with van der Waals surface area (Å²) in [5.74, 6) is 1.47. The van der Waals surface area contributed by atoms with Crippen molar-refractivity contribution in [3.05, 3.63) is 46.5 Å². The Hall–Kier alpha value is -1.30. The number of aromatic hydroxyl groups is 1. The minimum absolute atomic E-state index is 0.0583. The van der Waals surface area contributed by atoms with E-state index < -0.39 is 0 Å². The highest BCUT2D eigenvalue weighted by atomic mass is 32.2. The van der Waals surface area contributed by atoms with Crippen molar-refractivity contribution in [3.63, 3.8) is 0 Å². The molecule has 40 heavy (non-hydrogen) atoms. The van der Waals surface area contributed by atoms with Crippen LogP contribution in [0, 0.1) is 0 Å². The zero-order valence-electron chi connectivity index (χ0n) is 27.9. The second-order valence-corrected chi connectivity index (χ2v) is 19.3. The molecule has 2 aromatic rings. The smallest absolute Gasteiger partial charge is 0.126 e. The second-order valence-electron chi connectivity index (χ2n) is 15.7. The number of nitrogens with two attached hydrogens (primary N) is 1. The summed E-state index contributed by atoms with van der Waals surface area (Å²) in [6.45, 7) is 32.6. The van der Waals surface area contributed by atoms with E-state index in [1.807, 2.05) is 23.5 Å². The molecule has 226 valence electrons. The first-order valence-corrected chi connectivity index (χ1v) is 16.4. The highest BCUT2D eigenvalue weighted by Crippen LogP contribution is 2.51. The first kappa shape index (κ1) is 34.9. The molecule has 5 heteroatoms. The van der Waals surface area contributed by atoms with E-state index in [0.29, 0.717) is 18.9 Å². The van der Waals surface area contributed by atoms with Crippen LogP contribution in [0.5, 0.6) is 11.5 Å². The maximum Gasteiger partial charge on any atom is 0.126 e. The van der Waals surface area contributed by atoms with Gasteiger partial charge in [0.15, 0.2) is 0 Å². The van der Waals surface area contributed by atoms with E-state index in [1.165, 1.54) is 20.9 Å². The summed E-state index contributed by atoms with van der Waals surface area (Å²) < 4.78 is 6.37. The largest absolute Gasteiger partial charge is 0.507 e. The molecule has 0 aliphatic heterocycles. The molecule has 0 aliphatic rings. The minimum Gasteiger partial charge on any atom is -0.507 e. The van der Waals surface area contributed by atoms with Crippen molar-refractivity contribution in [2.75, 3.05) is 13.2 Å². The number of hydrogen-bond donors (Lipinski definition) is 2. The van der Waals surface area contributed by atoms with E-state index in [2.05, 4.69) is 121 Å². The van der Waals surface area contributed by atoms with Gasteiger partial charge in [-0.1, -0.05) is 83.1 Å². The summed E-state index contributed by atoms with van der Waals surface area (Å²) in [4.78, 5) is 2.45. The van der Waals surface area contributed by atoms with E-state index >= 15 is 0 Å². The lowest BCUT2D eigenvalue weighted by molar-refractivity contribution is 0.291. The summed E-state index contributed by atoms with van der Waals surface area (Å²) in [7, 11) is 0. The number of unbranched alkanes of at least 4 members (excludes halogenated alkanes) is 1. The normalized spacial score (nSPS) is 13.6. The monoisotopic (exact) mass is 587 g/mol. The van der Waals surface area contributed by atoms with Gasteiger partial charge in [0.1, 0.15) is 11.5 Å². The molecule has 0 spiro atoms. The molecule has 0 atom stereocenters. The van der Waals surface area contributed by atoms with Crippen molar-refractivity contribution in [2.24, 2.45) is 5.73 Å². The van der Waals surface area contributed by atoms with Crippen LogP contribution in [0.15, 0.2) is 34.1 Å². The van der Waals surface area contributed by atoms with Crippen molar-refractivity contribution in [1.29, 1.82) is 0 Å². The molecular formula is C35H57NO2S2. The first-order valence-electron chi connectivity index (χ1n) is 14.8. The Morgan fingerprint density at radius 3 is 1.27 bits per heavy atom. The average Bonchev–Trinajstić information content (AvgIpc) is 2.74. The zero-order chi connectivity index (χ0) is 30.9. The molecule has 2 aromatic carbocycles. The number of thioether (sulfide) groups is 2. The van der Waals surface area contributed by atoms with Crippen LogP contribution in [0.2, 0.25) is 0 Å². The van der Waals surface area contributed by atoms with Gasteiger partial charge in [-0.3, -0.25) is 0 Å². The molecule has 0 bridgehead atoms. The third-order valence-corrected chi connectivity index (χ3v) is 9.38. The van der Waals surface area contributed by atoms with Gasteiger partial charge in [-0.2, -0.15) is 0 Å². The maximum atomic E-state index is 11.2. The standard InChI is InChI=1S/C35H57NO2S2/c1-31(2,3)25-19-23(20-26(29(25)37)32(4,5)6)39-35(13,14)40-24-21-27(33(7,8)9)30(38-18-16-15-17-36)28(22-24)34(10,11)12/h19-22,37H,15-18,36H2,1-14H3. The Bertz CT molecular complexity index is 1090. The zero-order valence-corrected chi connectivity index (χ0v) is 29.5. The highest BCUT2D eigenvalue weighted by molar-refractivity contribution is 8.18. The molecule has 0 amide bonds. The molecule has 0 unspecified atom stereocenters. The topological polar surface area (TPSA) is 55.5 Å². The molecule has 0 heterocycles. The van der Waals surface area contributed by atoms with Crippen molar-refractivity contribution in [3.8, 4) is 11.5 Å². The van der Waals surface area contributed by atoms with Crippen LogP contribution in [-0.2, 0) is 21.7 Å². The second kappa shape index (κ2) is 12.5. The van der Waals surface area contributed by atoms with Gasteiger partial charge in [0.25, 0.3) is 0 Å². The Balaban J connectivity index is 2.57. The molecule has 0 radical (unpaired) electrons. The number of benzene rings is 2. The molecule has 0 aliphatic carbocycles. The molecule has 3 N–H and O–H groups in total. The van der Waals surface area contributed by atoms with Crippen LogP contribution in [-0.4, -0.2) is 22.3 Å². The maximum absolute atomic E-state index is 11.2. The highest BCUT2D eigenvalue weighted by Gasteiger charge is 2.32. The lowest BCUT2D eigenvalue weighted by Gasteiger charge is -2.32. The Labute approximate surface area is 254 Å². The fraction of sp³-hybridized carbons (Fsp3) is 0.657.